The molecule has 1 N–H and O–H groups in total. The SMILES string of the molecule is O=C(NCCc1nc(-c2ccncc2)cs1)c1cccc(Cl)c1. The maximum absolute atomic E-state index is 12.0. The summed E-state index contributed by atoms with van der Waals surface area (Å²) in [7, 11) is 0. The Hall–Kier alpha value is -2.24. The molecule has 4 nitrogen and oxygen atoms in total. The van der Waals surface area contributed by atoms with Crippen molar-refractivity contribution in [3.63, 3.8) is 0 Å². The van der Waals surface area contributed by atoms with Gasteiger partial charge in [0, 0.05) is 46.9 Å². The predicted molar refractivity (Wildman–Crippen MR) is 92.8 cm³/mol. The number of halogens is 1. The third-order valence-corrected chi connectivity index (χ3v) is 4.38. The highest BCUT2D eigenvalue weighted by atomic mass is 35.5. The van der Waals surface area contributed by atoms with Crippen LogP contribution >= 0.6 is 22.9 Å². The van der Waals surface area contributed by atoms with Crippen LogP contribution in [-0.4, -0.2) is 22.4 Å². The van der Waals surface area contributed by atoms with Crippen molar-refractivity contribution < 1.29 is 4.79 Å². The number of nitrogens with one attached hydrogen (secondary N) is 1. The molecule has 0 unspecified atom stereocenters. The summed E-state index contributed by atoms with van der Waals surface area (Å²) in [4.78, 5) is 20.6. The van der Waals surface area contributed by atoms with Gasteiger partial charge in [0.1, 0.15) is 0 Å². The van der Waals surface area contributed by atoms with Gasteiger partial charge in [0.2, 0.25) is 0 Å². The largest absolute Gasteiger partial charge is 0.352 e. The minimum atomic E-state index is -0.126. The van der Waals surface area contributed by atoms with Crippen LogP contribution in [0.25, 0.3) is 11.3 Å². The van der Waals surface area contributed by atoms with E-state index in [1.807, 2.05) is 17.5 Å². The second-order valence-electron chi connectivity index (χ2n) is 4.88. The van der Waals surface area contributed by atoms with E-state index in [1.54, 1.807) is 48.0 Å². The molecule has 1 aromatic carbocycles. The lowest BCUT2D eigenvalue weighted by Gasteiger charge is -2.04. The lowest BCUT2D eigenvalue weighted by atomic mass is 10.2. The van der Waals surface area contributed by atoms with Crippen LogP contribution < -0.4 is 5.32 Å². The first kappa shape index (κ1) is 15.6. The van der Waals surface area contributed by atoms with Crippen molar-refractivity contribution in [3.05, 3.63) is 69.8 Å². The number of aromatic nitrogens is 2. The maximum Gasteiger partial charge on any atom is 0.251 e. The van der Waals surface area contributed by atoms with Gasteiger partial charge in [-0.15, -0.1) is 11.3 Å². The highest BCUT2D eigenvalue weighted by Gasteiger charge is 2.07. The van der Waals surface area contributed by atoms with Crippen molar-refractivity contribution in [3.8, 4) is 11.3 Å². The van der Waals surface area contributed by atoms with Crippen LogP contribution in [-0.2, 0) is 6.42 Å². The van der Waals surface area contributed by atoms with E-state index in [1.165, 1.54) is 0 Å². The Morgan fingerprint density at radius 1 is 1.22 bits per heavy atom. The summed E-state index contributed by atoms with van der Waals surface area (Å²) in [5.41, 5.74) is 2.55. The minimum Gasteiger partial charge on any atom is -0.352 e. The van der Waals surface area contributed by atoms with E-state index in [2.05, 4.69) is 15.3 Å². The van der Waals surface area contributed by atoms with Gasteiger partial charge in [0.15, 0.2) is 0 Å². The first-order valence-electron chi connectivity index (χ1n) is 7.11. The molecule has 0 aliphatic carbocycles. The average Bonchev–Trinajstić information content (AvgIpc) is 3.04. The second kappa shape index (κ2) is 7.35. The molecule has 3 aromatic rings. The molecule has 0 bridgehead atoms. The number of benzene rings is 1. The standard InChI is InChI=1S/C17H14ClN3OS/c18-14-3-1-2-13(10-14)17(22)20-9-6-16-21-15(11-23-16)12-4-7-19-8-5-12/h1-5,7-8,10-11H,6,9H2,(H,20,22). The van der Waals surface area contributed by atoms with Gasteiger partial charge in [-0.3, -0.25) is 9.78 Å². The zero-order valence-electron chi connectivity index (χ0n) is 12.2. The number of rotatable bonds is 5. The number of hydrogen-bond acceptors (Lipinski definition) is 4. The molecule has 0 radical (unpaired) electrons. The Bertz CT molecular complexity index is 804. The summed E-state index contributed by atoms with van der Waals surface area (Å²) >= 11 is 7.48. The number of pyridine rings is 1. The van der Waals surface area contributed by atoms with Gasteiger partial charge in [-0.05, 0) is 30.3 Å². The number of thiazole rings is 1. The fraction of sp³-hybridized carbons (Fsp3) is 0.118. The van der Waals surface area contributed by atoms with Crippen LogP contribution in [0.15, 0.2) is 54.2 Å². The highest BCUT2D eigenvalue weighted by Crippen LogP contribution is 2.21. The van der Waals surface area contributed by atoms with E-state index >= 15 is 0 Å². The fourth-order valence-electron chi connectivity index (χ4n) is 2.10. The van der Waals surface area contributed by atoms with Gasteiger partial charge in [-0.2, -0.15) is 0 Å². The van der Waals surface area contributed by atoms with E-state index in [0.717, 1.165) is 16.3 Å². The molecule has 1 amide bonds. The molecular formula is C17H14ClN3OS. The summed E-state index contributed by atoms with van der Waals surface area (Å²) in [6.45, 7) is 0.536. The van der Waals surface area contributed by atoms with E-state index in [9.17, 15) is 4.79 Å². The lowest BCUT2D eigenvalue weighted by Crippen LogP contribution is -2.25. The Labute approximate surface area is 143 Å². The topological polar surface area (TPSA) is 54.9 Å². The molecule has 0 aliphatic heterocycles. The van der Waals surface area contributed by atoms with Gasteiger partial charge in [0.25, 0.3) is 5.91 Å². The van der Waals surface area contributed by atoms with Crippen molar-refractivity contribution in [2.45, 2.75) is 6.42 Å². The predicted octanol–water partition coefficient (Wildman–Crippen LogP) is 3.83. The second-order valence-corrected chi connectivity index (χ2v) is 6.26. The Kier molecular flexibility index (Phi) is 5.00. The molecule has 2 aromatic heterocycles. The number of nitrogens with zero attached hydrogens (tertiary/aromatic N) is 2. The van der Waals surface area contributed by atoms with Gasteiger partial charge >= 0.3 is 0 Å². The zero-order chi connectivity index (χ0) is 16.1. The highest BCUT2D eigenvalue weighted by molar-refractivity contribution is 7.09. The quantitative estimate of drug-likeness (QED) is 0.766. The van der Waals surface area contributed by atoms with Gasteiger partial charge in [-0.1, -0.05) is 17.7 Å². The molecule has 0 aliphatic rings. The average molecular weight is 344 g/mol. The summed E-state index contributed by atoms with van der Waals surface area (Å²) in [6.07, 6.45) is 4.20. The first-order valence-corrected chi connectivity index (χ1v) is 8.37. The van der Waals surface area contributed by atoms with Gasteiger partial charge in [-0.25, -0.2) is 4.98 Å². The summed E-state index contributed by atoms with van der Waals surface area (Å²) < 4.78 is 0. The molecule has 0 fully saturated rings. The Balaban J connectivity index is 1.55. The molecule has 0 spiro atoms. The smallest absolute Gasteiger partial charge is 0.251 e. The molecule has 0 saturated heterocycles. The Morgan fingerprint density at radius 3 is 2.83 bits per heavy atom. The van der Waals surface area contributed by atoms with Crippen LogP contribution in [0.3, 0.4) is 0 Å². The number of amides is 1. The Morgan fingerprint density at radius 2 is 2.04 bits per heavy atom. The van der Waals surface area contributed by atoms with Crippen LogP contribution in [0.5, 0.6) is 0 Å². The van der Waals surface area contributed by atoms with E-state index < -0.39 is 0 Å². The molecular weight excluding hydrogens is 330 g/mol. The van der Waals surface area contributed by atoms with Crippen LogP contribution in [0.1, 0.15) is 15.4 Å². The number of carbonyl (C=O) groups excluding carboxylic acids is 1. The normalized spacial score (nSPS) is 10.5. The van der Waals surface area contributed by atoms with Gasteiger partial charge in [0.05, 0.1) is 10.7 Å². The monoisotopic (exact) mass is 343 g/mol. The van der Waals surface area contributed by atoms with Crippen molar-refractivity contribution >= 4 is 28.8 Å². The molecule has 116 valence electrons. The molecule has 6 heteroatoms. The third kappa shape index (κ3) is 4.15. The van der Waals surface area contributed by atoms with E-state index in [0.29, 0.717) is 23.6 Å². The fourth-order valence-corrected chi connectivity index (χ4v) is 3.09. The van der Waals surface area contributed by atoms with E-state index in [4.69, 9.17) is 11.6 Å². The summed E-state index contributed by atoms with van der Waals surface area (Å²) in [6, 6.07) is 10.8. The molecule has 2 heterocycles. The summed E-state index contributed by atoms with van der Waals surface area (Å²) in [5, 5.41) is 6.44. The minimum absolute atomic E-state index is 0.126. The van der Waals surface area contributed by atoms with Crippen LogP contribution in [0, 0.1) is 0 Å². The van der Waals surface area contributed by atoms with Crippen LogP contribution in [0.4, 0.5) is 0 Å². The van der Waals surface area contributed by atoms with Crippen molar-refractivity contribution in [2.24, 2.45) is 0 Å². The van der Waals surface area contributed by atoms with Crippen LogP contribution in [0.2, 0.25) is 5.02 Å². The third-order valence-electron chi connectivity index (χ3n) is 3.24. The van der Waals surface area contributed by atoms with Crippen molar-refractivity contribution in [1.82, 2.24) is 15.3 Å². The maximum atomic E-state index is 12.0. The molecule has 23 heavy (non-hydrogen) atoms. The van der Waals surface area contributed by atoms with Crippen molar-refractivity contribution in [1.29, 1.82) is 0 Å². The first-order chi connectivity index (χ1) is 11.2. The number of hydrogen-bond donors (Lipinski definition) is 1. The van der Waals surface area contributed by atoms with Crippen molar-refractivity contribution in [2.75, 3.05) is 6.54 Å². The molecule has 0 saturated carbocycles. The summed E-state index contributed by atoms with van der Waals surface area (Å²) in [5.74, 6) is -0.126. The molecule has 0 atom stereocenters. The lowest BCUT2D eigenvalue weighted by molar-refractivity contribution is 0.0954. The van der Waals surface area contributed by atoms with Gasteiger partial charge < -0.3 is 5.32 Å². The number of carbonyl (C=O) groups is 1. The zero-order valence-corrected chi connectivity index (χ0v) is 13.8. The van der Waals surface area contributed by atoms with E-state index in [-0.39, 0.29) is 5.91 Å². The molecule has 3 rings (SSSR count).